The highest BCUT2D eigenvalue weighted by atomic mass is 16.4. The maximum absolute atomic E-state index is 12.3. The van der Waals surface area contributed by atoms with E-state index in [1.807, 2.05) is 50.2 Å². The van der Waals surface area contributed by atoms with Crippen LogP contribution >= 0.6 is 0 Å². The van der Waals surface area contributed by atoms with Crippen LogP contribution in [0.15, 0.2) is 51.7 Å². The van der Waals surface area contributed by atoms with E-state index in [4.69, 9.17) is 4.42 Å². The maximum Gasteiger partial charge on any atom is 0.348 e. The predicted octanol–water partition coefficient (Wildman–Crippen LogP) is 4.42. The van der Waals surface area contributed by atoms with Gasteiger partial charge < -0.3 is 9.52 Å². The van der Waals surface area contributed by atoms with Gasteiger partial charge in [0.25, 0.3) is 0 Å². The molecule has 0 amide bonds. The zero-order chi connectivity index (χ0) is 15.4. The summed E-state index contributed by atoms with van der Waals surface area (Å²) in [6.07, 6.45) is 0. The van der Waals surface area contributed by atoms with Crippen molar-refractivity contribution >= 4 is 32.5 Å². The molecule has 0 bridgehead atoms. The summed E-state index contributed by atoms with van der Waals surface area (Å²) in [7, 11) is 0. The van der Waals surface area contributed by atoms with E-state index in [0.29, 0.717) is 11.0 Å². The topological polar surface area (TPSA) is 50.4 Å². The molecule has 3 heteroatoms. The highest BCUT2D eigenvalue weighted by Gasteiger charge is 2.14. The Morgan fingerprint density at radius 1 is 0.864 bits per heavy atom. The molecule has 0 saturated carbocycles. The Kier molecular flexibility index (Phi) is 2.54. The highest BCUT2D eigenvalue weighted by Crippen LogP contribution is 2.36. The van der Waals surface area contributed by atoms with Gasteiger partial charge in [-0.3, -0.25) is 0 Å². The molecule has 3 nitrogen and oxygen atoms in total. The van der Waals surface area contributed by atoms with E-state index in [2.05, 4.69) is 0 Å². The van der Waals surface area contributed by atoms with Crippen molar-refractivity contribution in [1.29, 1.82) is 0 Å². The van der Waals surface area contributed by atoms with Crippen molar-refractivity contribution < 1.29 is 9.52 Å². The summed E-state index contributed by atoms with van der Waals surface area (Å²) in [5.74, 6) is -0.00615. The van der Waals surface area contributed by atoms with Crippen LogP contribution in [0.2, 0.25) is 0 Å². The minimum Gasteiger partial charge on any atom is -0.506 e. The number of phenols is 1. The van der Waals surface area contributed by atoms with Gasteiger partial charge in [-0.2, -0.15) is 0 Å². The largest absolute Gasteiger partial charge is 0.506 e. The molecule has 1 heterocycles. The van der Waals surface area contributed by atoms with Crippen LogP contribution in [0.25, 0.3) is 32.5 Å². The summed E-state index contributed by atoms with van der Waals surface area (Å²) in [6, 6.07) is 13.4. The second-order valence-corrected chi connectivity index (χ2v) is 5.76. The number of fused-ring (bicyclic) bond motifs is 4. The van der Waals surface area contributed by atoms with E-state index in [0.717, 1.165) is 27.3 Å². The van der Waals surface area contributed by atoms with Gasteiger partial charge in [-0.25, -0.2) is 4.79 Å². The molecule has 0 aliphatic heterocycles. The number of benzene rings is 3. The monoisotopic (exact) mass is 290 g/mol. The van der Waals surface area contributed by atoms with Crippen molar-refractivity contribution in [2.24, 2.45) is 0 Å². The normalized spacial score (nSPS) is 11.5. The quantitative estimate of drug-likeness (QED) is 0.296. The fourth-order valence-corrected chi connectivity index (χ4v) is 3.00. The summed E-state index contributed by atoms with van der Waals surface area (Å²) < 4.78 is 5.37. The Morgan fingerprint density at radius 3 is 2.32 bits per heavy atom. The summed E-state index contributed by atoms with van der Waals surface area (Å²) in [6.45, 7) is 3.94. The third-order valence-corrected chi connectivity index (χ3v) is 4.10. The fraction of sp³-hybridized carbons (Fsp3) is 0.105. The van der Waals surface area contributed by atoms with Crippen molar-refractivity contribution in [2.45, 2.75) is 13.8 Å². The van der Waals surface area contributed by atoms with Crippen LogP contribution in [0, 0.1) is 13.8 Å². The SMILES string of the molecule is Cc1ccc2cc3c(c(O)c2c1)c(=O)oc1ccc(C)cc13. The first-order valence-electron chi connectivity index (χ1n) is 7.14. The lowest BCUT2D eigenvalue weighted by atomic mass is 9.99. The molecule has 0 unspecified atom stereocenters. The van der Waals surface area contributed by atoms with Crippen molar-refractivity contribution in [3.05, 3.63) is 64.0 Å². The van der Waals surface area contributed by atoms with Crippen LogP contribution < -0.4 is 5.63 Å². The lowest BCUT2D eigenvalue weighted by molar-refractivity contribution is 0.483. The fourth-order valence-electron chi connectivity index (χ4n) is 3.00. The molecule has 0 spiro atoms. The van der Waals surface area contributed by atoms with E-state index < -0.39 is 5.63 Å². The van der Waals surface area contributed by atoms with Crippen molar-refractivity contribution in [3.63, 3.8) is 0 Å². The first kappa shape index (κ1) is 12.9. The van der Waals surface area contributed by atoms with Crippen LogP contribution in [0.1, 0.15) is 11.1 Å². The third-order valence-electron chi connectivity index (χ3n) is 4.10. The molecule has 1 aromatic heterocycles. The van der Waals surface area contributed by atoms with Crippen LogP contribution in [0.3, 0.4) is 0 Å². The van der Waals surface area contributed by atoms with Crippen molar-refractivity contribution in [2.75, 3.05) is 0 Å². The number of aromatic hydroxyl groups is 1. The zero-order valence-corrected chi connectivity index (χ0v) is 12.3. The minimum absolute atomic E-state index is 0.00615. The van der Waals surface area contributed by atoms with Gasteiger partial charge in [-0.15, -0.1) is 0 Å². The van der Waals surface area contributed by atoms with Gasteiger partial charge in [0.15, 0.2) is 0 Å². The van der Waals surface area contributed by atoms with Gasteiger partial charge >= 0.3 is 5.63 Å². The second-order valence-electron chi connectivity index (χ2n) is 5.76. The van der Waals surface area contributed by atoms with E-state index in [1.165, 1.54) is 0 Å². The zero-order valence-electron chi connectivity index (χ0n) is 12.3. The van der Waals surface area contributed by atoms with Crippen LogP contribution in [0.4, 0.5) is 0 Å². The molecule has 4 aromatic rings. The number of rotatable bonds is 0. The van der Waals surface area contributed by atoms with Crippen molar-refractivity contribution in [3.8, 4) is 5.75 Å². The summed E-state index contributed by atoms with van der Waals surface area (Å²) in [5.41, 5.74) is 2.13. The molecule has 22 heavy (non-hydrogen) atoms. The molecule has 0 radical (unpaired) electrons. The molecule has 0 atom stereocenters. The van der Waals surface area contributed by atoms with E-state index >= 15 is 0 Å². The third kappa shape index (κ3) is 1.72. The average molecular weight is 290 g/mol. The standard InChI is InChI=1S/C19H14O3/c1-10-3-5-12-9-15-14-8-11(2)4-6-16(14)22-19(21)17(15)18(20)13(12)7-10/h3-9,20H,1-2H3. The molecule has 4 rings (SSSR count). The van der Waals surface area contributed by atoms with Gasteiger partial charge in [0.1, 0.15) is 16.7 Å². The first-order valence-corrected chi connectivity index (χ1v) is 7.14. The van der Waals surface area contributed by atoms with Gasteiger partial charge in [-0.1, -0.05) is 29.3 Å². The maximum atomic E-state index is 12.3. The Hall–Kier alpha value is -2.81. The molecule has 0 aliphatic carbocycles. The molecule has 0 saturated heterocycles. The van der Waals surface area contributed by atoms with Gasteiger partial charge in [0.2, 0.25) is 0 Å². The lowest BCUT2D eigenvalue weighted by Gasteiger charge is -2.09. The Bertz CT molecular complexity index is 1120. The van der Waals surface area contributed by atoms with Crippen LogP contribution in [-0.4, -0.2) is 5.11 Å². The summed E-state index contributed by atoms with van der Waals surface area (Å²) >= 11 is 0. The Morgan fingerprint density at radius 2 is 1.55 bits per heavy atom. The van der Waals surface area contributed by atoms with Crippen LogP contribution in [0.5, 0.6) is 5.75 Å². The molecule has 0 aliphatic rings. The molecule has 108 valence electrons. The molecular formula is C19H14O3. The predicted molar refractivity (Wildman–Crippen MR) is 88.6 cm³/mol. The molecule has 0 fully saturated rings. The average Bonchev–Trinajstić information content (AvgIpc) is 2.49. The van der Waals surface area contributed by atoms with E-state index in [1.54, 1.807) is 6.07 Å². The lowest BCUT2D eigenvalue weighted by Crippen LogP contribution is -2.01. The number of hydrogen-bond acceptors (Lipinski definition) is 3. The van der Waals surface area contributed by atoms with Crippen molar-refractivity contribution in [1.82, 2.24) is 0 Å². The summed E-state index contributed by atoms with van der Waals surface area (Å²) in [4.78, 5) is 12.3. The van der Waals surface area contributed by atoms with Gasteiger partial charge in [0.05, 0.1) is 0 Å². The van der Waals surface area contributed by atoms with Gasteiger partial charge in [0, 0.05) is 16.2 Å². The number of hydrogen-bond donors (Lipinski definition) is 1. The molecule has 1 N–H and O–H groups in total. The highest BCUT2D eigenvalue weighted by molar-refractivity contribution is 6.13. The molecule has 3 aromatic carbocycles. The molecular weight excluding hydrogens is 276 g/mol. The number of phenolic OH excluding ortho intramolecular Hbond substituents is 1. The van der Waals surface area contributed by atoms with E-state index in [9.17, 15) is 9.90 Å². The minimum atomic E-state index is -0.507. The summed E-state index contributed by atoms with van der Waals surface area (Å²) in [5, 5.41) is 14.0. The van der Waals surface area contributed by atoms with Crippen LogP contribution in [-0.2, 0) is 0 Å². The number of aryl methyl sites for hydroxylation is 2. The Labute approximate surface area is 126 Å². The smallest absolute Gasteiger partial charge is 0.348 e. The Balaban J connectivity index is 2.34. The second kappa shape index (κ2) is 4.34. The van der Waals surface area contributed by atoms with E-state index in [-0.39, 0.29) is 11.1 Å². The van der Waals surface area contributed by atoms with Gasteiger partial charge in [-0.05, 0) is 43.5 Å². The first-order chi connectivity index (χ1) is 10.5.